The molecule has 1 aromatic carbocycles. The molecule has 1 atom stereocenters. The predicted molar refractivity (Wildman–Crippen MR) is 53.4 cm³/mol. The van der Waals surface area contributed by atoms with Crippen molar-refractivity contribution in [2.75, 3.05) is 0 Å². The summed E-state index contributed by atoms with van der Waals surface area (Å²) in [6.45, 7) is 1.62. The number of rotatable bonds is 2. The second-order valence-corrected chi connectivity index (χ2v) is 3.74. The van der Waals surface area contributed by atoms with Gasteiger partial charge in [0, 0.05) is 10.0 Å². The quantitative estimate of drug-likeness (QED) is 0.856. The molecule has 14 heavy (non-hydrogen) atoms. The molecule has 1 unspecified atom stereocenters. The highest BCUT2D eigenvalue weighted by Gasteiger charge is 2.21. The summed E-state index contributed by atoms with van der Waals surface area (Å²) in [4.78, 5) is 10.6. The molecule has 1 rings (SSSR count). The Labute approximate surface area is 88.9 Å². The van der Waals surface area contributed by atoms with Crippen LogP contribution in [0.1, 0.15) is 17.2 Å². The van der Waals surface area contributed by atoms with Crippen LogP contribution in [-0.2, 0) is 4.79 Å². The monoisotopic (exact) mass is 261 g/mol. The molecule has 3 N–H and O–H groups in total. The Morgan fingerprint density at radius 3 is 2.71 bits per heavy atom. The largest absolute Gasteiger partial charge is 0.480 e. The first-order valence-corrected chi connectivity index (χ1v) is 4.67. The van der Waals surface area contributed by atoms with Gasteiger partial charge < -0.3 is 10.8 Å². The van der Waals surface area contributed by atoms with Gasteiger partial charge in [-0.15, -0.1) is 0 Å². The first-order chi connectivity index (χ1) is 6.45. The minimum atomic E-state index is -1.33. The molecule has 0 bridgehead atoms. The minimum Gasteiger partial charge on any atom is -0.480 e. The first-order valence-electron chi connectivity index (χ1n) is 3.88. The van der Waals surface area contributed by atoms with Gasteiger partial charge in [-0.25, -0.2) is 4.39 Å². The van der Waals surface area contributed by atoms with E-state index in [0.29, 0.717) is 10.0 Å². The van der Waals surface area contributed by atoms with Gasteiger partial charge in [0.2, 0.25) is 0 Å². The highest BCUT2D eigenvalue weighted by Crippen LogP contribution is 2.26. The van der Waals surface area contributed by atoms with Crippen LogP contribution in [0.4, 0.5) is 4.39 Å². The Hall–Kier alpha value is -0.940. The highest BCUT2D eigenvalue weighted by atomic mass is 79.9. The molecule has 0 aliphatic rings. The van der Waals surface area contributed by atoms with E-state index in [1.54, 1.807) is 6.92 Å². The van der Waals surface area contributed by atoms with Crippen molar-refractivity contribution in [1.29, 1.82) is 0 Å². The van der Waals surface area contributed by atoms with Crippen LogP contribution in [-0.4, -0.2) is 11.1 Å². The zero-order valence-electron chi connectivity index (χ0n) is 7.42. The maximum absolute atomic E-state index is 13.3. The maximum Gasteiger partial charge on any atom is 0.325 e. The van der Waals surface area contributed by atoms with Crippen LogP contribution >= 0.6 is 15.9 Å². The fourth-order valence-electron chi connectivity index (χ4n) is 1.17. The van der Waals surface area contributed by atoms with Crippen molar-refractivity contribution in [1.82, 2.24) is 0 Å². The van der Waals surface area contributed by atoms with Crippen molar-refractivity contribution in [3.63, 3.8) is 0 Å². The summed E-state index contributed by atoms with van der Waals surface area (Å²) >= 11 is 3.18. The molecular weight excluding hydrogens is 253 g/mol. The lowest BCUT2D eigenvalue weighted by Gasteiger charge is -2.12. The molecule has 3 nitrogen and oxygen atoms in total. The average Bonchev–Trinajstić information content (AvgIpc) is 2.12. The molecule has 0 fully saturated rings. The van der Waals surface area contributed by atoms with E-state index in [0.717, 1.165) is 0 Å². The van der Waals surface area contributed by atoms with Gasteiger partial charge >= 0.3 is 5.97 Å². The van der Waals surface area contributed by atoms with E-state index in [2.05, 4.69) is 15.9 Å². The normalized spacial score (nSPS) is 12.6. The Morgan fingerprint density at radius 2 is 2.21 bits per heavy atom. The lowest BCUT2D eigenvalue weighted by molar-refractivity contribution is -0.138. The number of hydrogen-bond donors (Lipinski definition) is 2. The smallest absolute Gasteiger partial charge is 0.325 e. The van der Waals surface area contributed by atoms with Crippen molar-refractivity contribution >= 4 is 21.9 Å². The molecule has 0 radical (unpaired) electrons. The van der Waals surface area contributed by atoms with E-state index in [1.165, 1.54) is 12.1 Å². The molecule has 0 aliphatic carbocycles. The van der Waals surface area contributed by atoms with Crippen molar-refractivity contribution in [3.8, 4) is 0 Å². The average molecular weight is 262 g/mol. The third kappa shape index (κ3) is 1.93. The molecule has 0 aliphatic heterocycles. The van der Waals surface area contributed by atoms with Gasteiger partial charge in [0.25, 0.3) is 0 Å². The zero-order chi connectivity index (χ0) is 10.9. The van der Waals surface area contributed by atoms with Gasteiger partial charge in [0.1, 0.15) is 11.9 Å². The first kappa shape index (κ1) is 11.1. The summed E-state index contributed by atoms with van der Waals surface area (Å²) in [5.74, 6) is -1.84. The van der Waals surface area contributed by atoms with Gasteiger partial charge in [-0.1, -0.05) is 15.9 Å². The summed E-state index contributed by atoms with van der Waals surface area (Å²) in [7, 11) is 0. The van der Waals surface area contributed by atoms with E-state index in [9.17, 15) is 9.18 Å². The number of benzene rings is 1. The number of hydrogen-bond acceptors (Lipinski definition) is 2. The number of nitrogens with two attached hydrogens (primary N) is 1. The van der Waals surface area contributed by atoms with Crippen LogP contribution < -0.4 is 5.73 Å². The second kappa shape index (κ2) is 4.06. The summed E-state index contributed by atoms with van der Waals surface area (Å²) in [6.07, 6.45) is 0. The molecule has 0 saturated carbocycles. The van der Waals surface area contributed by atoms with Crippen LogP contribution in [0.25, 0.3) is 0 Å². The Morgan fingerprint density at radius 1 is 1.64 bits per heavy atom. The lowest BCUT2D eigenvalue weighted by Crippen LogP contribution is -2.23. The number of carbonyl (C=O) groups is 1. The molecule has 1 aromatic rings. The Bertz CT molecular complexity index is 381. The number of carboxylic acids is 1. The Kier molecular flexibility index (Phi) is 3.23. The molecule has 0 heterocycles. The zero-order valence-corrected chi connectivity index (χ0v) is 9.01. The van der Waals surface area contributed by atoms with E-state index in [4.69, 9.17) is 10.8 Å². The third-order valence-electron chi connectivity index (χ3n) is 1.97. The SMILES string of the molecule is Cc1c(Br)ccc(F)c1C(N)C(=O)O. The minimum absolute atomic E-state index is 0.0203. The summed E-state index contributed by atoms with van der Waals surface area (Å²) < 4.78 is 13.9. The Balaban J connectivity index is 3.32. The van der Waals surface area contributed by atoms with Crippen molar-refractivity contribution in [3.05, 3.63) is 33.5 Å². The fraction of sp³-hybridized carbons (Fsp3) is 0.222. The molecule has 0 saturated heterocycles. The van der Waals surface area contributed by atoms with Crippen LogP contribution in [0.5, 0.6) is 0 Å². The topological polar surface area (TPSA) is 63.3 Å². The van der Waals surface area contributed by atoms with Gasteiger partial charge in [-0.05, 0) is 24.6 Å². The van der Waals surface area contributed by atoms with Crippen LogP contribution in [0.15, 0.2) is 16.6 Å². The molecule has 0 spiro atoms. The van der Waals surface area contributed by atoms with Crippen molar-refractivity contribution in [2.45, 2.75) is 13.0 Å². The van der Waals surface area contributed by atoms with Gasteiger partial charge in [-0.3, -0.25) is 4.79 Å². The number of carboxylic acid groups (broad SMARTS) is 1. The fourth-order valence-corrected chi connectivity index (χ4v) is 1.52. The number of aliphatic carboxylic acids is 1. The van der Waals surface area contributed by atoms with Crippen LogP contribution in [0.2, 0.25) is 0 Å². The third-order valence-corrected chi connectivity index (χ3v) is 2.83. The van der Waals surface area contributed by atoms with E-state index in [-0.39, 0.29) is 5.56 Å². The van der Waals surface area contributed by atoms with E-state index >= 15 is 0 Å². The molecule has 0 aromatic heterocycles. The van der Waals surface area contributed by atoms with Crippen molar-refractivity contribution < 1.29 is 14.3 Å². The predicted octanol–water partition coefficient (Wildman–Crippen LogP) is 1.98. The summed E-state index contributed by atoms with van der Waals surface area (Å²) in [6, 6.07) is 1.38. The van der Waals surface area contributed by atoms with Crippen LogP contribution in [0.3, 0.4) is 0 Å². The molecular formula is C9H9BrFNO2. The standard InChI is InChI=1S/C9H9BrFNO2/c1-4-5(10)2-3-6(11)7(4)8(12)9(13)14/h2-3,8H,12H2,1H3,(H,13,14). The van der Waals surface area contributed by atoms with Crippen molar-refractivity contribution in [2.24, 2.45) is 5.73 Å². The second-order valence-electron chi connectivity index (χ2n) is 2.88. The summed E-state index contributed by atoms with van der Waals surface area (Å²) in [5.41, 5.74) is 5.88. The van der Waals surface area contributed by atoms with E-state index in [1.807, 2.05) is 0 Å². The van der Waals surface area contributed by atoms with Gasteiger partial charge in [0.15, 0.2) is 0 Å². The summed E-state index contributed by atoms with van der Waals surface area (Å²) in [5, 5.41) is 8.67. The van der Waals surface area contributed by atoms with Crippen LogP contribution in [0, 0.1) is 12.7 Å². The molecule has 76 valence electrons. The highest BCUT2D eigenvalue weighted by molar-refractivity contribution is 9.10. The number of halogens is 2. The molecule has 0 amide bonds. The van der Waals surface area contributed by atoms with Gasteiger partial charge in [-0.2, -0.15) is 0 Å². The van der Waals surface area contributed by atoms with E-state index < -0.39 is 17.8 Å². The van der Waals surface area contributed by atoms with Gasteiger partial charge in [0.05, 0.1) is 0 Å². The maximum atomic E-state index is 13.3. The molecule has 5 heteroatoms. The lowest BCUT2D eigenvalue weighted by atomic mass is 10.0.